The Hall–Kier alpha value is -2.32. The number of carbonyl (C=O) groups is 1. The van der Waals surface area contributed by atoms with E-state index in [0.29, 0.717) is 36.8 Å². The summed E-state index contributed by atoms with van der Waals surface area (Å²) in [5.74, 6) is 1.38. The second-order valence-electron chi connectivity index (χ2n) is 8.74. The van der Waals surface area contributed by atoms with Gasteiger partial charge < -0.3 is 30.9 Å². The number of rotatable bonds is 10. The number of nitrogens with two attached hydrogens (primary N) is 1. The van der Waals surface area contributed by atoms with E-state index in [1.165, 1.54) is 0 Å². The van der Waals surface area contributed by atoms with Crippen LogP contribution in [0.1, 0.15) is 52.4 Å². The fraction of sp³-hybridized carbons (Fsp3) is 0.667. The highest BCUT2D eigenvalue weighted by atomic mass is 16.5. The van der Waals surface area contributed by atoms with Crippen LogP contribution in [-0.4, -0.2) is 74.8 Å². The van der Waals surface area contributed by atoms with Crippen LogP contribution in [-0.2, 0) is 9.53 Å². The molecule has 0 aromatic heterocycles. The summed E-state index contributed by atoms with van der Waals surface area (Å²) in [6.45, 7) is 6.86. The Balaban J connectivity index is 1.78. The fourth-order valence-corrected chi connectivity index (χ4v) is 4.09. The van der Waals surface area contributed by atoms with Crippen molar-refractivity contribution in [1.29, 1.82) is 0 Å². The third-order valence-corrected chi connectivity index (χ3v) is 6.10. The van der Waals surface area contributed by atoms with Crippen LogP contribution in [0.5, 0.6) is 0 Å². The number of hydrogen-bond donors (Lipinski definition) is 3. The van der Waals surface area contributed by atoms with Crippen LogP contribution in [0.15, 0.2) is 40.1 Å². The Kier molecular flexibility index (Phi) is 10.8. The highest BCUT2D eigenvalue weighted by Crippen LogP contribution is 2.16. The van der Waals surface area contributed by atoms with Crippen LogP contribution in [0.2, 0.25) is 0 Å². The standard InChI is InChI=1S/C24H42N6O2/c1-6-22(26-3)21(25)17-18(2)32-20-7-8-23(27-13-9-20)28-24(31)12-16-30-14-10-19(11-15-30)29(4)5/h8,13,17,19-20,26H,6-7,9-12,14-16,25H2,1-5H3,(H,28,31)/b18-17+,22-21-. The summed E-state index contributed by atoms with van der Waals surface area (Å²) in [7, 11) is 6.15. The number of ether oxygens (including phenoxy) is 1. The molecule has 4 N–H and O–H groups in total. The van der Waals surface area contributed by atoms with E-state index in [9.17, 15) is 4.79 Å². The number of carbonyl (C=O) groups excluding carboxylic acids is 1. The molecule has 0 saturated carbocycles. The molecule has 8 heteroatoms. The average Bonchev–Trinajstić information content (AvgIpc) is 2.98. The molecule has 8 nitrogen and oxygen atoms in total. The molecule has 0 aromatic carbocycles. The summed E-state index contributed by atoms with van der Waals surface area (Å²) >= 11 is 0. The van der Waals surface area contributed by atoms with Crippen molar-refractivity contribution in [3.63, 3.8) is 0 Å². The summed E-state index contributed by atoms with van der Waals surface area (Å²) in [5, 5.41) is 6.06. The molecule has 2 aliphatic heterocycles. The summed E-state index contributed by atoms with van der Waals surface area (Å²) < 4.78 is 6.05. The van der Waals surface area contributed by atoms with Gasteiger partial charge in [-0.25, -0.2) is 4.99 Å². The lowest BCUT2D eigenvalue weighted by atomic mass is 10.0. The minimum absolute atomic E-state index is 0.00986. The maximum absolute atomic E-state index is 12.4. The summed E-state index contributed by atoms with van der Waals surface area (Å²) in [6.07, 6.45) is 10.6. The predicted molar refractivity (Wildman–Crippen MR) is 131 cm³/mol. The molecule has 0 aromatic rings. The van der Waals surface area contributed by atoms with Gasteiger partial charge >= 0.3 is 0 Å². The number of aliphatic imine (C=N–C) groups is 1. The second kappa shape index (κ2) is 13.3. The first-order valence-electron chi connectivity index (χ1n) is 11.7. The summed E-state index contributed by atoms with van der Waals surface area (Å²) in [6, 6.07) is 0.656. The fourth-order valence-electron chi connectivity index (χ4n) is 4.09. The van der Waals surface area contributed by atoms with Crippen LogP contribution in [0.25, 0.3) is 0 Å². The molecule has 1 atom stereocenters. The van der Waals surface area contributed by atoms with Gasteiger partial charge in [0.05, 0.1) is 11.5 Å². The summed E-state index contributed by atoms with van der Waals surface area (Å²) in [4.78, 5) is 21.5. The van der Waals surface area contributed by atoms with Crippen molar-refractivity contribution < 1.29 is 9.53 Å². The van der Waals surface area contributed by atoms with Crippen molar-refractivity contribution in [3.05, 3.63) is 35.1 Å². The summed E-state index contributed by atoms with van der Waals surface area (Å²) in [5.41, 5.74) is 7.80. The number of allylic oxidation sites excluding steroid dienone is 3. The lowest BCUT2D eigenvalue weighted by molar-refractivity contribution is -0.120. The largest absolute Gasteiger partial charge is 0.494 e. The van der Waals surface area contributed by atoms with E-state index in [2.05, 4.69) is 46.4 Å². The third-order valence-electron chi connectivity index (χ3n) is 6.10. The molecule has 1 unspecified atom stereocenters. The zero-order valence-electron chi connectivity index (χ0n) is 20.5. The van der Waals surface area contributed by atoms with Crippen molar-refractivity contribution in [3.8, 4) is 0 Å². The Bertz CT molecular complexity index is 727. The van der Waals surface area contributed by atoms with Crippen LogP contribution < -0.4 is 16.4 Å². The van der Waals surface area contributed by atoms with Gasteiger partial charge in [0, 0.05) is 56.9 Å². The Morgan fingerprint density at radius 3 is 2.69 bits per heavy atom. The first kappa shape index (κ1) is 25.9. The Labute approximate surface area is 193 Å². The quantitative estimate of drug-likeness (QED) is 0.352. The van der Waals surface area contributed by atoms with Gasteiger partial charge in [0.25, 0.3) is 0 Å². The highest BCUT2D eigenvalue weighted by molar-refractivity contribution is 5.78. The van der Waals surface area contributed by atoms with Crippen molar-refractivity contribution in [1.82, 2.24) is 20.4 Å². The molecular weight excluding hydrogens is 404 g/mol. The molecule has 1 fully saturated rings. The smallest absolute Gasteiger partial charge is 0.226 e. The molecule has 0 bridgehead atoms. The van der Waals surface area contributed by atoms with Gasteiger partial charge in [0.15, 0.2) is 0 Å². The number of likely N-dealkylation sites (tertiary alicyclic amines) is 1. The number of amides is 1. The van der Waals surface area contributed by atoms with Gasteiger partial charge in [-0.2, -0.15) is 0 Å². The first-order chi connectivity index (χ1) is 15.3. The molecule has 1 saturated heterocycles. The lowest BCUT2D eigenvalue weighted by Gasteiger charge is -2.35. The minimum atomic E-state index is -0.0325. The molecule has 0 spiro atoms. The number of nitrogens with zero attached hydrogens (tertiary/aromatic N) is 3. The molecule has 1 amide bonds. The van der Waals surface area contributed by atoms with Gasteiger partial charge in [0.1, 0.15) is 11.9 Å². The molecular formula is C24H42N6O2. The van der Waals surface area contributed by atoms with Gasteiger partial charge in [-0.1, -0.05) is 6.92 Å². The van der Waals surface area contributed by atoms with Gasteiger partial charge in [-0.15, -0.1) is 0 Å². The normalized spacial score (nSPS) is 21.6. The predicted octanol–water partition coefficient (Wildman–Crippen LogP) is 2.31. The van der Waals surface area contributed by atoms with E-state index in [0.717, 1.165) is 50.4 Å². The van der Waals surface area contributed by atoms with E-state index in [4.69, 9.17) is 10.5 Å². The maximum atomic E-state index is 12.4. The molecule has 0 aliphatic carbocycles. The average molecular weight is 447 g/mol. The monoisotopic (exact) mass is 446 g/mol. The highest BCUT2D eigenvalue weighted by Gasteiger charge is 2.21. The zero-order chi connectivity index (χ0) is 23.5. The van der Waals surface area contributed by atoms with E-state index in [1.807, 2.05) is 32.3 Å². The maximum Gasteiger partial charge on any atom is 0.226 e. The van der Waals surface area contributed by atoms with E-state index in [-0.39, 0.29) is 12.0 Å². The minimum Gasteiger partial charge on any atom is -0.494 e. The number of piperidine rings is 1. The topological polar surface area (TPSA) is 95.2 Å². The van der Waals surface area contributed by atoms with Crippen LogP contribution in [0, 0.1) is 0 Å². The molecule has 180 valence electrons. The Morgan fingerprint density at radius 2 is 2.06 bits per heavy atom. The van der Waals surface area contributed by atoms with E-state index in [1.54, 1.807) is 0 Å². The molecule has 2 rings (SSSR count). The lowest BCUT2D eigenvalue weighted by Crippen LogP contribution is -2.43. The number of nitrogens with one attached hydrogen (secondary N) is 2. The van der Waals surface area contributed by atoms with Crippen molar-refractivity contribution >= 4 is 12.1 Å². The van der Waals surface area contributed by atoms with Gasteiger partial charge in [0.2, 0.25) is 5.91 Å². The van der Waals surface area contributed by atoms with Crippen molar-refractivity contribution in [2.24, 2.45) is 10.7 Å². The van der Waals surface area contributed by atoms with Crippen LogP contribution in [0.3, 0.4) is 0 Å². The van der Waals surface area contributed by atoms with Crippen LogP contribution in [0.4, 0.5) is 0 Å². The molecule has 32 heavy (non-hydrogen) atoms. The third kappa shape index (κ3) is 8.67. The van der Waals surface area contributed by atoms with Gasteiger partial charge in [-0.05, 0) is 59.4 Å². The Morgan fingerprint density at radius 1 is 1.34 bits per heavy atom. The SMILES string of the molecule is CC/C(NC)=C(N)\C=C(/C)OC1CC=NC(NC(=O)CCN2CCC(N(C)C)CC2)=CC1. The second-order valence-corrected chi connectivity index (χ2v) is 8.74. The molecule has 0 radical (unpaired) electrons. The van der Waals surface area contributed by atoms with E-state index >= 15 is 0 Å². The zero-order valence-corrected chi connectivity index (χ0v) is 20.5. The number of hydrogen-bond acceptors (Lipinski definition) is 7. The van der Waals surface area contributed by atoms with Crippen molar-refractivity contribution in [2.75, 3.05) is 40.8 Å². The first-order valence-corrected chi connectivity index (χ1v) is 11.7. The van der Waals surface area contributed by atoms with Crippen molar-refractivity contribution in [2.45, 2.75) is 64.5 Å². The molecule has 2 aliphatic rings. The van der Waals surface area contributed by atoms with E-state index < -0.39 is 0 Å². The molecule has 2 heterocycles. The van der Waals surface area contributed by atoms with Crippen LogP contribution >= 0.6 is 0 Å². The van der Waals surface area contributed by atoms with Gasteiger partial charge in [-0.3, -0.25) is 4.79 Å².